The van der Waals surface area contributed by atoms with Crippen LogP contribution in [0.4, 0.5) is 0 Å². The molecule has 1 fully saturated rings. The van der Waals surface area contributed by atoms with Gasteiger partial charge in [-0.2, -0.15) is 0 Å². The molecule has 0 aliphatic heterocycles. The molecule has 4 heteroatoms. The van der Waals surface area contributed by atoms with Gasteiger partial charge in [0.15, 0.2) is 5.65 Å². The smallest absolute Gasteiger partial charge is 0.160 e. The first kappa shape index (κ1) is 13.9. The third-order valence-corrected chi connectivity index (χ3v) is 4.55. The molecule has 2 atom stereocenters. The highest BCUT2D eigenvalue weighted by Crippen LogP contribution is 2.45. The molecule has 0 bridgehead atoms. The van der Waals surface area contributed by atoms with Crippen molar-refractivity contribution in [3.05, 3.63) is 23.7 Å². The Hall–Kier alpha value is -1.09. The zero-order valence-electron chi connectivity index (χ0n) is 12.7. The molecule has 108 valence electrons. The van der Waals surface area contributed by atoms with Crippen LogP contribution >= 0.6 is 11.6 Å². The Balaban J connectivity index is 2.15. The van der Waals surface area contributed by atoms with E-state index in [1.807, 2.05) is 20.0 Å². The molecule has 0 saturated heterocycles. The summed E-state index contributed by atoms with van der Waals surface area (Å²) in [5.41, 5.74) is 3.50. The molecule has 20 heavy (non-hydrogen) atoms. The van der Waals surface area contributed by atoms with Gasteiger partial charge < -0.3 is 4.57 Å². The molecule has 2 unspecified atom stereocenters. The molecule has 0 aromatic carbocycles. The lowest BCUT2D eigenvalue weighted by Crippen LogP contribution is -2.13. The van der Waals surface area contributed by atoms with E-state index in [-0.39, 0.29) is 5.38 Å². The van der Waals surface area contributed by atoms with E-state index < -0.39 is 0 Å². The maximum Gasteiger partial charge on any atom is 0.160 e. The van der Waals surface area contributed by atoms with E-state index in [1.165, 1.54) is 19.3 Å². The molecule has 0 amide bonds. The fourth-order valence-corrected chi connectivity index (χ4v) is 3.51. The van der Waals surface area contributed by atoms with Gasteiger partial charge in [-0.3, -0.25) is 0 Å². The maximum atomic E-state index is 6.36. The molecular weight excluding hydrogens is 270 g/mol. The SMILES string of the molecule is Cc1cnc2c(c1)nc(C(C)Cl)n2C1CCC(C)(C)C1. The van der Waals surface area contributed by atoms with Gasteiger partial charge in [0, 0.05) is 12.2 Å². The number of imidazole rings is 1. The summed E-state index contributed by atoms with van der Waals surface area (Å²) < 4.78 is 2.29. The highest BCUT2D eigenvalue weighted by atomic mass is 35.5. The average Bonchev–Trinajstić information content (AvgIpc) is 2.88. The second-order valence-electron chi connectivity index (χ2n) is 6.87. The van der Waals surface area contributed by atoms with Crippen LogP contribution in [0.3, 0.4) is 0 Å². The first-order valence-electron chi connectivity index (χ1n) is 7.36. The molecule has 1 aliphatic carbocycles. The van der Waals surface area contributed by atoms with Crippen molar-refractivity contribution in [3.8, 4) is 0 Å². The zero-order valence-corrected chi connectivity index (χ0v) is 13.4. The molecule has 2 heterocycles. The number of pyridine rings is 1. The highest BCUT2D eigenvalue weighted by Gasteiger charge is 2.34. The number of halogens is 1. The van der Waals surface area contributed by atoms with E-state index in [0.717, 1.165) is 22.6 Å². The van der Waals surface area contributed by atoms with Gasteiger partial charge in [-0.15, -0.1) is 11.6 Å². The number of aromatic nitrogens is 3. The average molecular weight is 292 g/mol. The zero-order chi connectivity index (χ0) is 14.5. The quantitative estimate of drug-likeness (QED) is 0.745. The minimum absolute atomic E-state index is 0.0896. The first-order valence-corrected chi connectivity index (χ1v) is 7.79. The topological polar surface area (TPSA) is 30.7 Å². The molecule has 1 saturated carbocycles. The normalized spacial score (nSPS) is 23.4. The molecule has 2 aromatic rings. The Kier molecular flexibility index (Phi) is 3.28. The Bertz CT molecular complexity index is 642. The fraction of sp³-hybridized carbons (Fsp3) is 0.625. The molecule has 0 N–H and O–H groups in total. The van der Waals surface area contributed by atoms with Crippen molar-refractivity contribution in [1.29, 1.82) is 0 Å². The standard InChI is InChI=1S/C16H22ClN3/c1-10-7-13-15(18-9-10)20(14(19-13)11(2)17)12-5-6-16(3,4)8-12/h7,9,11-12H,5-6,8H2,1-4H3. The van der Waals surface area contributed by atoms with Crippen LogP contribution in [0.2, 0.25) is 0 Å². The van der Waals surface area contributed by atoms with Crippen molar-refractivity contribution >= 4 is 22.8 Å². The van der Waals surface area contributed by atoms with E-state index in [4.69, 9.17) is 16.6 Å². The highest BCUT2D eigenvalue weighted by molar-refractivity contribution is 6.20. The van der Waals surface area contributed by atoms with Crippen molar-refractivity contribution in [2.45, 2.75) is 58.4 Å². The van der Waals surface area contributed by atoms with Crippen LogP contribution in [-0.2, 0) is 0 Å². The molecule has 3 nitrogen and oxygen atoms in total. The Morgan fingerprint density at radius 2 is 2.20 bits per heavy atom. The number of nitrogens with zero attached hydrogens (tertiary/aromatic N) is 3. The summed E-state index contributed by atoms with van der Waals surface area (Å²) in [4.78, 5) is 9.35. The predicted octanol–water partition coefficient (Wildman–Crippen LogP) is 4.79. The van der Waals surface area contributed by atoms with Gasteiger partial charge in [0.2, 0.25) is 0 Å². The Morgan fingerprint density at radius 3 is 2.80 bits per heavy atom. The van der Waals surface area contributed by atoms with Crippen molar-refractivity contribution < 1.29 is 0 Å². The van der Waals surface area contributed by atoms with Gasteiger partial charge in [-0.1, -0.05) is 13.8 Å². The number of aryl methyl sites for hydroxylation is 1. The number of hydrogen-bond acceptors (Lipinski definition) is 2. The Labute approximate surface area is 125 Å². The van der Waals surface area contributed by atoms with Gasteiger partial charge in [-0.05, 0) is 50.2 Å². The van der Waals surface area contributed by atoms with E-state index in [2.05, 4.69) is 29.5 Å². The summed E-state index contributed by atoms with van der Waals surface area (Å²) >= 11 is 6.36. The lowest BCUT2D eigenvalue weighted by molar-refractivity contribution is 0.358. The van der Waals surface area contributed by atoms with Gasteiger partial charge >= 0.3 is 0 Å². The molecule has 2 aromatic heterocycles. The van der Waals surface area contributed by atoms with E-state index in [0.29, 0.717) is 11.5 Å². The van der Waals surface area contributed by atoms with E-state index in [9.17, 15) is 0 Å². The number of alkyl halides is 1. The van der Waals surface area contributed by atoms with Crippen molar-refractivity contribution in [2.24, 2.45) is 5.41 Å². The van der Waals surface area contributed by atoms with Crippen LogP contribution in [0.25, 0.3) is 11.2 Å². The summed E-state index contributed by atoms with van der Waals surface area (Å²) in [6.07, 6.45) is 5.53. The lowest BCUT2D eigenvalue weighted by Gasteiger charge is -2.20. The van der Waals surface area contributed by atoms with E-state index >= 15 is 0 Å². The third-order valence-electron chi connectivity index (χ3n) is 4.36. The van der Waals surface area contributed by atoms with Crippen molar-refractivity contribution in [3.63, 3.8) is 0 Å². The van der Waals surface area contributed by atoms with Gasteiger partial charge in [0.05, 0.1) is 5.38 Å². The van der Waals surface area contributed by atoms with Crippen molar-refractivity contribution in [2.75, 3.05) is 0 Å². The number of hydrogen-bond donors (Lipinski definition) is 0. The summed E-state index contributed by atoms with van der Waals surface area (Å²) in [7, 11) is 0. The van der Waals surface area contributed by atoms with Gasteiger partial charge in [-0.25, -0.2) is 9.97 Å². The number of rotatable bonds is 2. The summed E-state index contributed by atoms with van der Waals surface area (Å²) in [5, 5.41) is -0.0896. The second-order valence-corrected chi connectivity index (χ2v) is 7.53. The maximum absolute atomic E-state index is 6.36. The summed E-state index contributed by atoms with van der Waals surface area (Å²) in [6.45, 7) is 8.72. The molecule has 1 aliphatic rings. The van der Waals surface area contributed by atoms with Crippen molar-refractivity contribution in [1.82, 2.24) is 14.5 Å². The molecule has 0 radical (unpaired) electrons. The van der Waals surface area contributed by atoms with Crippen LogP contribution in [0, 0.1) is 12.3 Å². The first-order chi connectivity index (χ1) is 9.37. The lowest BCUT2D eigenvalue weighted by atomic mass is 9.92. The van der Waals surface area contributed by atoms with Crippen LogP contribution < -0.4 is 0 Å². The minimum Gasteiger partial charge on any atom is -0.308 e. The van der Waals surface area contributed by atoms with Crippen LogP contribution in [0.1, 0.15) is 62.8 Å². The van der Waals surface area contributed by atoms with Crippen LogP contribution in [0.15, 0.2) is 12.3 Å². The Morgan fingerprint density at radius 1 is 1.45 bits per heavy atom. The largest absolute Gasteiger partial charge is 0.308 e. The van der Waals surface area contributed by atoms with E-state index in [1.54, 1.807) is 0 Å². The molecule has 0 spiro atoms. The molecule has 3 rings (SSSR count). The predicted molar refractivity (Wildman–Crippen MR) is 83.2 cm³/mol. The van der Waals surface area contributed by atoms with Gasteiger partial charge in [0.25, 0.3) is 0 Å². The van der Waals surface area contributed by atoms with Crippen LogP contribution in [-0.4, -0.2) is 14.5 Å². The number of fused-ring (bicyclic) bond motifs is 1. The van der Waals surface area contributed by atoms with Gasteiger partial charge in [0.1, 0.15) is 11.3 Å². The fourth-order valence-electron chi connectivity index (χ4n) is 3.36. The molecular formula is C16H22ClN3. The third kappa shape index (κ3) is 2.32. The van der Waals surface area contributed by atoms with Crippen LogP contribution in [0.5, 0.6) is 0 Å². The second kappa shape index (κ2) is 4.73. The summed E-state index contributed by atoms with van der Waals surface area (Å²) in [5.74, 6) is 0.961. The monoisotopic (exact) mass is 291 g/mol. The summed E-state index contributed by atoms with van der Waals surface area (Å²) in [6, 6.07) is 2.57. The minimum atomic E-state index is -0.0896.